The maximum absolute atomic E-state index is 12.3. The van der Waals surface area contributed by atoms with Crippen LogP contribution in [0.25, 0.3) is 18.2 Å². The molecule has 2 aliphatic heterocycles. The van der Waals surface area contributed by atoms with Crippen LogP contribution in [0.4, 0.5) is 0 Å². The maximum Gasteiger partial charge on any atom is 0.418 e. The fourth-order valence-corrected chi connectivity index (χ4v) is 5.64. The molecule has 10 nitrogen and oxygen atoms in total. The SMILES string of the molecule is C=CC1=C(C)C(/C=c2/[nH]/c(=C\c3[nH]c(/C=C4\NC(=O)[C@H](C)\C4=C/C)c(C)c3CCC(=O)O)c(CCC(=O)O)c2C)=[NH+]C1=O. The summed E-state index contributed by atoms with van der Waals surface area (Å²) in [6.07, 6.45) is 9.36. The quantitative estimate of drug-likeness (QED) is 0.245. The fourth-order valence-electron chi connectivity index (χ4n) is 5.64. The van der Waals surface area contributed by atoms with Gasteiger partial charge in [-0.15, -0.1) is 0 Å². The molecular weight excluding hydrogens is 548 g/mol. The number of aromatic amines is 2. The highest BCUT2D eigenvalue weighted by molar-refractivity contribution is 6.24. The molecule has 1 atom stereocenters. The number of hydrogen-bond acceptors (Lipinski definition) is 4. The number of H-pyrrole nitrogens is 2. The maximum atomic E-state index is 12.3. The van der Waals surface area contributed by atoms with E-state index in [0.717, 1.165) is 39.1 Å². The standard InChI is InChI=1S/C33H36N4O6/c1-7-20-19(6)32(42)37-27(20)14-25-18(5)23(10-12-31(40)41)29(35-25)15-28-22(9-11-30(38)39)17(4)24(34-28)13-26-16(3)21(8-2)33(43)36-26/h7-8,13-15,19,34-35H,2,9-12H2,1,3-6H3,(H,37,42)(H,38,39)(H,40,41)/p+1/b20-7+,24-13+,27-14-,28-15-/t19-/m1/s1. The average molecular weight is 586 g/mol. The Morgan fingerprint density at radius 1 is 0.907 bits per heavy atom. The van der Waals surface area contributed by atoms with Crippen molar-refractivity contribution in [1.82, 2.24) is 15.3 Å². The normalized spacial score (nSPS) is 19.7. The highest BCUT2D eigenvalue weighted by Crippen LogP contribution is 2.29. The number of carbonyl (C=O) groups is 4. The van der Waals surface area contributed by atoms with Gasteiger partial charge < -0.3 is 25.5 Å². The molecule has 0 aromatic carbocycles. The number of carboxylic acids is 2. The van der Waals surface area contributed by atoms with Gasteiger partial charge in [0.05, 0.1) is 11.5 Å². The Labute approximate surface area is 249 Å². The highest BCUT2D eigenvalue weighted by Gasteiger charge is 2.29. The van der Waals surface area contributed by atoms with Crippen molar-refractivity contribution in [3.63, 3.8) is 0 Å². The molecule has 0 radical (unpaired) electrons. The first-order valence-corrected chi connectivity index (χ1v) is 14.1. The molecule has 2 amide bonds. The van der Waals surface area contributed by atoms with Gasteiger partial charge in [0.2, 0.25) is 11.6 Å². The van der Waals surface area contributed by atoms with Crippen molar-refractivity contribution >= 4 is 47.7 Å². The van der Waals surface area contributed by atoms with Crippen molar-refractivity contribution < 1.29 is 34.4 Å². The van der Waals surface area contributed by atoms with Gasteiger partial charge in [0.25, 0.3) is 0 Å². The molecule has 0 bridgehead atoms. The summed E-state index contributed by atoms with van der Waals surface area (Å²) < 4.78 is 0. The van der Waals surface area contributed by atoms with Gasteiger partial charge in [-0.3, -0.25) is 14.4 Å². The van der Waals surface area contributed by atoms with Crippen LogP contribution in [0.15, 0.2) is 41.1 Å². The Hall–Kier alpha value is -4.99. The number of amides is 2. The third-order valence-corrected chi connectivity index (χ3v) is 8.19. The van der Waals surface area contributed by atoms with E-state index in [0.29, 0.717) is 33.4 Å². The van der Waals surface area contributed by atoms with Crippen LogP contribution in [-0.4, -0.2) is 49.6 Å². The van der Waals surface area contributed by atoms with Gasteiger partial charge in [-0.25, -0.2) is 4.79 Å². The Kier molecular flexibility index (Phi) is 8.99. The Morgan fingerprint density at radius 2 is 1.56 bits per heavy atom. The van der Waals surface area contributed by atoms with Gasteiger partial charge in [-0.05, 0) is 87.4 Å². The molecule has 0 spiro atoms. The lowest BCUT2D eigenvalue weighted by Crippen LogP contribution is -2.74. The van der Waals surface area contributed by atoms with Crippen LogP contribution in [0.1, 0.15) is 67.3 Å². The van der Waals surface area contributed by atoms with Gasteiger partial charge in [0.15, 0.2) is 0 Å². The van der Waals surface area contributed by atoms with E-state index in [2.05, 4.69) is 26.9 Å². The van der Waals surface area contributed by atoms with Gasteiger partial charge in [0, 0.05) is 52.3 Å². The average Bonchev–Trinajstić information content (AvgIpc) is 3.59. The molecule has 0 aliphatic carbocycles. The molecule has 2 aromatic rings. The van der Waals surface area contributed by atoms with Crippen LogP contribution >= 0.6 is 0 Å². The minimum absolute atomic E-state index is 0.0760. The van der Waals surface area contributed by atoms with Gasteiger partial charge >= 0.3 is 17.8 Å². The smallest absolute Gasteiger partial charge is 0.418 e. The number of nitrogens with one attached hydrogen (secondary N) is 4. The van der Waals surface area contributed by atoms with Gasteiger partial charge in [-0.2, -0.15) is 4.99 Å². The lowest BCUT2D eigenvalue weighted by Gasteiger charge is -2.03. The first kappa shape index (κ1) is 31.0. The molecule has 224 valence electrons. The van der Waals surface area contributed by atoms with Gasteiger partial charge in [-0.1, -0.05) is 18.7 Å². The molecule has 0 unspecified atom stereocenters. The molecule has 4 rings (SSSR count). The molecule has 10 heteroatoms. The Balaban J connectivity index is 1.91. The third-order valence-electron chi connectivity index (χ3n) is 8.19. The molecule has 1 saturated heterocycles. The van der Waals surface area contributed by atoms with Crippen LogP contribution in [0.5, 0.6) is 0 Å². The summed E-state index contributed by atoms with van der Waals surface area (Å²) in [6.45, 7) is 13.1. The number of aliphatic carboxylic acids is 2. The molecule has 43 heavy (non-hydrogen) atoms. The monoisotopic (exact) mass is 585 g/mol. The molecule has 2 aromatic heterocycles. The summed E-state index contributed by atoms with van der Waals surface area (Å²) in [7, 11) is 0. The Bertz CT molecular complexity index is 1810. The van der Waals surface area contributed by atoms with Crippen molar-refractivity contribution in [3.8, 4) is 0 Å². The van der Waals surface area contributed by atoms with Crippen LogP contribution in [0.2, 0.25) is 0 Å². The minimum atomic E-state index is -0.927. The zero-order chi connectivity index (χ0) is 31.6. The van der Waals surface area contributed by atoms with Crippen molar-refractivity contribution in [2.45, 2.75) is 60.3 Å². The number of hydrogen-bond donors (Lipinski definition) is 6. The molecule has 1 fully saturated rings. The van der Waals surface area contributed by atoms with Gasteiger partial charge in [0.1, 0.15) is 0 Å². The van der Waals surface area contributed by atoms with Crippen LogP contribution in [0, 0.1) is 19.8 Å². The van der Waals surface area contributed by atoms with E-state index in [1.807, 2.05) is 58.9 Å². The number of allylic oxidation sites excluding steroid dienone is 3. The van der Waals surface area contributed by atoms with E-state index in [1.165, 1.54) is 6.08 Å². The topological polar surface area (TPSA) is 166 Å². The summed E-state index contributed by atoms with van der Waals surface area (Å²) in [6, 6.07) is 0. The van der Waals surface area contributed by atoms with Crippen LogP contribution in [-0.2, 0) is 32.0 Å². The first-order chi connectivity index (χ1) is 20.4. The van der Waals surface area contributed by atoms with E-state index in [-0.39, 0.29) is 43.4 Å². The van der Waals surface area contributed by atoms with E-state index in [4.69, 9.17) is 0 Å². The van der Waals surface area contributed by atoms with E-state index >= 15 is 0 Å². The molecule has 4 heterocycles. The second-order valence-corrected chi connectivity index (χ2v) is 10.8. The zero-order valence-electron chi connectivity index (χ0n) is 25.0. The lowest BCUT2D eigenvalue weighted by atomic mass is 10.00. The Morgan fingerprint density at radius 3 is 2.14 bits per heavy atom. The second kappa shape index (κ2) is 12.5. The van der Waals surface area contributed by atoms with Crippen molar-refractivity contribution in [1.29, 1.82) is 0 Å². The predicted octanol–water partition coefficient (Wildman–Crippen LogP) is 1.22. The van der Waals surface area contributed by atoms with Crippen molar-refractivity contribution in [2.24, 2.45) is 5.92 Å². The number of aromatic nitrogens is 2. The van der Waals surface area contributed by atoms with E-state index in [1.54, 1.807) is 0 Å². The molecule has 6 N–H and O–H groups in total. The fraction of sp³-hybridized carbons (Fsp3) is 0.303. The molecular formula is C33H37N4O6+. The molecule has 0 saturated carbocycles. The molecule has 2 aliphatic rings. The summed E-state index contributed by atoms with van der Waals surface area (Å²) >= 11 is 0. The van der Waals surface area contributed by atoms with Crippen LogP contribution in [0.3, 0.4) is 0 Å². The number of rotatable bonds is 10. The predicted molar refractivity (Wildman–Crippen MR) is 163 cm³/mol. The summed E-state index contributed by atoms with van der Waals surface area (Å²) in [4.78, 5) is 57.4. The summed E-state index contributed by atoms with van der Waals surface area (Å²) in [5, 5.41) is 23.2. The van der Waals surface area contributed by atoms with E-state index < -0.39 is 11.9 Å². The van der Waals surface area contributed by atoms with E-state index in [9.17, 15) is 29.4 Å². The second-order valence-electron chi connectivity index (χ2n) is 10.8. The minimum Gasteiger partial charge on any atom is -0.481 e. The zero-order valence-corrected chi connectivity index (χ0v) is 25.0. The first-order valence-electron chi connectivity index (χ1n) is 14.1. The number of carboxylic acid groups (broad SMARTS) is 2. The summed E-state index contributed by atoms with van der Waals surface area (Å²) in [5.41, 5.74) is 8.17. The lowest BCUT2D eigenvalue weighted by molar-refractivity contribution is -0.366. The van der Waals surface area contributed by atoms with Crippen molar-refractivity contribution in [3.05, 3.63) is 85.5 Å². The number of carbonyl (C=O) groups excluding carboxylic acids is 2. The van der Waals surface area contributed by atoms with Crippen molar-refractivity contribution in [2.75, 3.05) is 0 Å². The largest absolute Gasteiger partial charge is 0.481 e. The van der Waals surface area contributed by atoms with Crippen LogP contribution < -0.4 is 21.0 Å². The summed E-state index contributed by atoms with van der Waals surface area (Å²) in [5.74, 6) is -2.45. The third kappa shape index (κ3) is 6.28. The highest BCUT2D eigenvalue weighted by atomic mass is 16.4.